The molecule has 0 saturated carbocycles. The number of rotatable bonds is 5. The largest absolute Gasteiger partial charge is 0.457 e. The van der Waals surface area contributed by atoms with E-state index in [4.69, 9.17) is 14.5 Å². The van der Waals surface area contributed by atoms with Crippen LogP contribution in [0.25, 0.3) is 0 Å². The molecule has 2 heterocycles. The molecule has 2 amide bonds. The van der Waals surface area contributed by atoms with Gasteiger partial charge in [0.1, 0.15) is 17.8 Å². The number of anilines is 1. The summed E-state index contributed by atoms with van der Waals surface area (Å²) in [4.78, 5) is 16.3. The highest BCUT2D eigenvalue weighted by Gasteiger charge is 2.21. The average Bonchev–Trinajstić information content (AvgIpc) is 3.28. The third-order valence-corrected chi connectivity index (χ3v) is 4.86. The second kappa shape index (κ2) is 9.11. The van der Waals surface area contributed by atoms with E-state index in [-0.39, 0.29) is 6.03 Å². The van der Waals surface area contributed by atoms with Crippen molar-refractivity contribution in [2.75, 3.05) is 31.5 Å². The Kier molecular flexibility index (Phi) is 5.92. The van der Waals surface area contributed by atoms with Gasteiger partial charge in [-0.15, -0.1) is 0 Å². The van der Waals surface area contributed by atoms with Gasteiger partial charge < -0.3 is 14.2 Å². The Bertz CT molecular complexity index is 1020. The molecule has 0 aliphatic carbocycles. The first kappa shape index (κ1) is 19.5. The van der Waals surface area contributed by atoms with Crippen LogP contribution in [0.4, 0.5) is 10.6 Å². The number of hydrogen-bond acceptors (Lipinski definition) is 6. The lowest BCUT2D eigenvalue weighted by Crippen LogP contribution is -2.49. The van der Waals surface area contributed by atoms with E-state index in [1.165, 1.54) is 6.26 Å². The fourth-order valence-electron chi connectivity index (χ4n) is 3.27. The number of nitriles is 1. The highest BCUT2D eigenvalue weighted by molar-refractivity contribution is 5.88. The van der Waals surface area contributed by atoms with E-state index in [0.717, 1.165) is 30.9 Å². The molecule has 3 aromatic rings. The van der Waals surface area contributed by atoms with Gasteiger partial charge in [-0.1, -0.05) is 17.3 Å². The van der Waals surface area contributed by atoms with Crippen molar-refractivity contribution in [3.63, 3.8) is 0 Å². The van der Waals surface area contributed by atoms with Gasteiger partial charge in [0.25, 0.3) is 0 Å². The quantitative estimate of drug-likeness (QED) is 0.698. The van der Waals surface area contributed by atoms with E-state index in [1.54, 1.807) is 35.2 Å². The predicted octanol–water partition coefficient (Wildman–Crippen LogP) is 3.69. The lowest BCUT2D eigenvalue weighted by molar-refractivity contribution is 0.143. The minimum absolute atomic E-state index is 0.165. The molecule has 8 heteroatoms. The Morgan fingerprint density at radius 1 is 1.10 bits per heavy atom. The summed E-state index contributed by atoms with van der Waals surface area (Å²) in [5, 5.41) is 15.3. The summed E-state index contributed by atoms with van der Waals surface area (Å²) in [5.41, 5.74) is 1.74. The number of carbonyl (C=O) groups is 1. The normalized spacial score (nSPS) is 14.2. The maximum Gasteiger partial charge on any atom is 0.323 e. The molecule has 4 rings (SSSR count). The predicted molar refractivity (Wildman–Crippen MR) is 110 cm³/mol. The summed E-state index contributed by atoms with van der Waals surface area (Å²) in [6.07, 6.45) is 1.42. The highest BCUT2D eigenvalue weighted by atomic mass is 16.5. The summed E-state index contributed by atoms with van der Waals surface area (Å²) in [5.74, 6) is 1.86. The Balaban J connectivity index is 1.29. The highest BCUT2D eigenvalue weighted by Crippen LogP contribution is 2.23. The van der Waals surface area contributed by atoms with Gasteiger partial charge in [0.2, 0.25) is 0 Å². The fourth-order valence-corrected chi connectivity index (χ4v) is 3.27. The van der Waals surface area contributed by atoms with E-state index < -0.39 is 0 Å². The van der Waals surface area contributed by atoms with E-state index in [0.29, 0.717) is 30.2 Å². The SMILES string of the molecule is N#Cc1ccc(Oc2cccc(CN3CCN(C(=O)Nc4ccon4)CC3)c2)cc1. The number of hydrogen-bond donors (Lipinski definition) is 1. The number of ether oxygens (including phenoxy) is 1. The Labute approximate surface area is 174 Å². The van der Waals surface area contributed by atoms with Crippen LogP contribution in [-0.4, -0.2) is 47.2 Å². The monoisotopic (exact) mass is 403 g/mol. The van der Waals surface area contributed by atoms with Gasteiger partial charge in [-0.25, -0.2) is 4.79 Å². The van der Waals surface area contributed by atoms with Gasteiger partial charge in [-0.05, 0) is 42.0 Å². The summed E-state index contributed by atoms with van der Waals surface area (Å²) < 4.78 is 10.6. The van der Waals surface area contributed by atoms with Gasteiger partial charge in [-0.2, -0.15) is 5.26 Å². The molecule has 0 spiro atoms. The van der Waals surface area contributed by atoms with Crippen molar-refractivity contribution < 1.29 is 14.1 Å². The molecule has 0 bridgehead atoms. The zero-order chi connectivity index (χ0) is 20.8. The first-order valence-corrected chi connectivity index (χ1v) is 9.65. The van der Waals surface area contributed by atoms with Crippen molar-refractivity contribution in [3.05, 3.63) is 72.0 Å². The molecular weight excluding hydrogens is 382 g/mol. The summed E-state index contributed by atoms with van der Waals surface area (Å²) in [6.45, 7) is 3.64. The number of piperazine rings is 1. The minimum Gasteiger partial charge on any atom is -0.457 e. The van der Waals surface area contributed by atoms with Gasteiger partial charge >= 0.3 is 6.03 Å². The lowest BCUT2D eigenvalue weighted by Gasteiger charge is -2.34. The molecule has 1 aromatic heterocycles. The minimum atomic E-state index is -0.165. The van der Waals surface area contributed by atoms with Crippen molar-refractivity contribution in [3.8, 4) is 17.6 Å². The van der Waals surface area contributed by atoms with Crippen LogP contribution in [-0.2, 0) is 6.54 Å². The zero-order valence-electron chi connectivity index (χ0n) is 16.3. The molecule has 1 N–H and O–H groups in total. The van der Waals surface area contributed by atoms with Gasteiger partial charge in [0, 0.05) is 38.8 Å². The van der Waals surface area contributed by atoms with Crippen LogP contribution in [0.2, 0.25) is 0 Å². The summed E-state index contributed by atoms with van der Waals surface area (Å²) in [6, 6.07) is 18.5. The first-order valence-electron chi connectivity index (χ1n) is 9.65. The molecule has 1 fully saturated rings. The van der Waals surface area contributed by atoms with Crippen molar-refractivity contribution in [1.29, 1.82) is 5.26 Å². The van der Waals surface area contributed by atoms with Crippen LogP contribution in [0.5, 0.6) is 11.5 Å². The van der Waals surface area contributed by atoms with Crippen molar-refractivity contribution in [2.45, 2.75) is 6.54 Å². The number of aromatic nitrogens is 1. The van der Waals surface area contributed by atoms with Crippen LogP contribution in [0.1, 0.15) is 11.1 Å². The fraction of sp³-hybridized carbons (Fsp3) is 0.227. The van der Waals surface area contributed by atoms with E-state index in [1.807, 2.05) is 18.2 Å². The maximum absolute atomic E-state index is 12.3. The Morgan fingerprint density at radius 2 is 1.90 bits per heavy atom. The summed E-state index contributed by atoms with van der Waals surface area (Å²) in [7, 11) is 0. The van der Waals surface area contributed by atoms with Crippen molar-refractivity contribution in [1.82, 2.24) is 15.0 Å². The third kappa shape index (κ3) is 4.96. The Morgan fingerprint density at radius 3 is 2.60 bits per heavy atom. The standard InChI is InChI=1S/C22H21N5O3/c23-15-17-4-6-19(7-5-17)30-20-3-1-2-18(14-20)16-26-9-11-27(12-10-26)22(28)24-21-8-13-29-25-21/h1-8,13-14H,9-12,16H2,(H,24,25,28). The number of amides is 2. The van der Waals surface area contributed by atoms with Crippen molar-refractivity contribution in [2.24, 2.45) is 0 Å². The van der Waals surface area contributed by atoms with Gasteiger partial charge in [0.15, 0.2) is 5.82 Å². The molecule has 1 saturated heterocycles. The van der Waals surface area contributed by atoms with E-state index in [9.17, 15) is 4.79 Å². The number of nitrogens with zero attached hydrogens (tertiary/aromatic N) is 4. The molecule has 1 aliphatic rings. The Hall–Kier alpha value is -3.83. The van der Waals surface area contributed by atoms with Crippen LogP contribution in [0, 0.1) is 11.3 Å². The molecule has 152 valence electrons. The molecule has 8 nitrogen and oxygen atoms in total. The zero-order valence-corrected chi connectivity index (χ0v) is 16.3. The average molecular weight is 403 g/mol. The van der Waals surface area contributed by atoms with Crippen LogP contribution < -0.4 is 10.1 Å². The maximum atomic E-state index is 12.3. The number of urea groups is 1. The third-order valence-electron chi connectivity index (χ3n) is 4.86. The second-order valence-corrected chi connectivity index (χ2v) is 6.96. The molecule has 0 radical (unpaired) electrons. The number of benzene rings is 2. The number of nitrogens with one attached hydrogen (secondary N) is 1. The first-order chi connectivity index (χ1) is 14.7. The van der Waals surface area contributed by atoms with E-state index in [2.05, 4.69) is 27.5 Å². The van der Waals surface area contributed by atoms with Crippen LogP contribution in [0.15, 0.2) is 65.4 Å². The molecule has 0 atom stereocenters. The smallest absolute Gasteiger partial charge is 0.323 e. The van der Waals surface area contributed by atoms with Crippen LogP contribution >= 0.6 is 0 Å². The van der Waals surface area contributed by atoms with Gasteiger partial charge in [0.05, 0.1) is 11.6 Å². The second-order valence-electron chi connectivity index (χ2n) is 6.96. The molecule has 2 aromatic carbocycles. The van der Waals surface area contributed by atoms with E-state index >= 15 is 0 Å². The molecule has 1 aliphatic heterocycles. The molecular formula is C22H21N5O3. The number of carbonyl (C=O) groups excluding carboxylic acids is 1. The van der Waals surface area contributed by atoms with Crippen molar-refractivity contribution >= 4 is 11.8 Å². The van der Waals surface area contributed by atoms with Crippen LogP contribution in [0.3, 0.4) is 0 Å². The molecule has 30 heavy (non-hydrogen) atoms. The molecule has 0 unspecified atom stereocenters. The topological polar surface area (TPSA) is 94.6 Å². The lowest BCUT2D eigenvalue weighted by atomic mass is 10.2. The van der Waals surface area contributed by atoms with Gasteiger partial charge in [-0.3, -0.25) is 10.2 Å². The summed E-state index contributed by atoms with van der Waals surface area (Å²) >= 11 is 0.